The van der Waals surface area contributed by atoms with E-state index in [0.29, 0.717) is 31.7 Å². The van der Waals surface area contributed by atoms with Crippen LogP contribution >= 0.6 is 0 Å². The molecule has 6 nitrogen and oxygen atoms in total. The minimum absolute atomic E-state index is 0.0581. The van der Waals surface area contributed by atoms with Crippen LogP contribution in [0, 0.1) is 5.82 Å². The van der Waals surface area contributed by atoms with Crippen LogP contribution in [0.15, 0.2) is 48.5 Å². The molecule has 2 aromatic carbocycles. The van der Waals surface area contributed by atoms with Crippen LogP contribution < -0.4 is 4.90 Å². The van der Waals surface area contributed by atoms with Gasteiger partial charge in [-0.15, -0.1) is 0 Å². The molecule has 0 aliphatic carbocycles. The first kappa shape index (κ1) is 21.8. The molecule has 3 heterocycles. The third-order valence-electron chi connectivity index (χ3n) is 6.85. The predicted octanol–water partition coefficient (Wildman–Crippen LogP) is 3.84. The van der Waals surface area contributed by atoms with Crippen LogP contribution in [0.1, 0.15) is 42.1 Å². The molecule has 0 amide bonds. The molecule has 3 saturated heterocycles. The van der Waals surface area contributed by atoms with Crippen molar-refractivity contribution in [2.75, 3.05) is 37.7 Å². The molecular formula is C24H29FN2O4S. The molecule has 1 atom stereocenters. The zero-order valence-corrected chi connectivity index (χ0v) is 18.9. The highest BCUT2D eigenvalue weighted by molar-refractivity contribution is 7.89. The number of ether oxygens (including phenoxy) is 2. The van der Waals surface area contributed by atoms with Crippen LogP contribution in [-0.2, 0) is 26.0 Å². The van der Waals surface area contributed by atoms with Gasteiger partial charge in [0, 0.05) is 50.3 Å². The molecule has 3 aliphatic heterocycles. The topological polar surface area (TPSA) is 59.1 Å². The quantitative estimate of drug-likeness (QED) is 0.694. The van der Waals surface area contributed by atoms with Gasteiger partial charge in [-0.2, -0.15) is 4.31 Å². The SMILES string of the molecule is O=S1(=O)C(c2ccccc2)CCCN1Cc1ccc(N2CCC3(CC2)OCCO3)cc1F. The summed E-state index contributed by atoms with van der Waals surface area (Å²) in [6.45, 7) is 3.21. The Kier molecular flexibility index (Phi) is 5.96. The molecule has 172 valence electrons. The highest BCUT2D eigenvalue weighted by Crippen LogP contribution is 2.36. The normalized spacial score (nSPS) is 25.3. The Morgan fingerprint density at radius 2 is 1.72 bits per heavy atom. The minimum Gasteiger partial charge on any atom is -0.371 e. The summed E-state index contributed by atoms with van der Waals surface area (Å²) in [6.07, 6.45) is 2.86. The van der Waals surface area contributed by atoms with E-state index in [-0.39, 0.29) is 12.4 Å². The summed E-state index contributed by atoms with van der Waals surface area (Å²) in [6, 6.07) is 14.4. The maximum Gasteiger partial charge on any atom is 0.221 e. The van der Waals surface area contributed by atoms with Crippen molar-refractivity contribution in [2.45, 2.75) is 43.3 Å². The van der Waals surface area contributed by atoms with Crippen LogP contribution in [-0.4, -0.2) is 51.4 Å². The van der Waals surface area contributed by atoms with Crippen molar-refractivity contribution in [3.05, 3.63) is 65.5 Å². The van der Waals surface area contributed by atoms with Gasteiger partial charge in [0.05, 0.1) is 13.2 Å². The van der Waals surface area contributed by atoms with Crippen molar-refractivity contribution in [1.82, 2.24) is 4.31 Å². The second-order valence-electron chi connectivity index (χ2n) is 8.79. The number of sulfonamides is 1. The molecule has 8 heteroatoms. The molecule has 3 aliphatic rings. The number of halogens is 1. The number of anilines is 1. The Bertz CT molecular complexity index is 1050. The maximum atomic E-state index is 15.0. The van der Waals surface area contributed by atoms with Crippen LogP contribution in [0.3, 0.4) is 0 Å². The van der Waals surface area contributed by atoms with Gasteiger partial charge in [0.15, 0.2) is 5.79 Å². The average Bonchev–Trinajstić information content (AvgIpc) is 3.25. The first-order valence-electron chi connectivity index (χ1n) is 11.3. The highest BCUT2D eigenvalue weighted by Gasteiger charge is 2.40. The summed E-state index contributed by atoms with van der Waals surface area (Å²) in [5.74, 6) is -0.833. The van der Waals surface area contributed by atoms with Gasteiger partial charge >= 0.3 is 0 Å². The van der Waals surface area contributed by atoms with Crippen LogP contribution in [0.4, 0.5) is 10.1 Å². The fourth-order valence-corrected chi connectivity index (χ4v) is 7.06. The largest absolute Gasteiger partial charge is 0.371 e. The molecule has 5 rings (SSSR count). The molecule has 0 N–H and O–H groups in total. The van der Waals surface area contributed by atoms with Crippen molar-refractivity contribution >= 4 is 15.7 Å². The first-order chi connectivity index (χ1) is 15.5. The second-order valence-corrected chi connectivity index (χ2v) is 10.9. The molecule has 0 aromatic heterocycles. The van der Waals surface area contributed by atoms with Gasteiger partial charge in [-0.3, -0.25) is 0 Å². The maximum absolute atomic E-state index is 15.0. The van der Waals surface area contributed by atoms with E-state index < -0.39 is 21.1 Å². The molecule has 2 aromatic rings. The van der Waals surface area contributed by atoms with Gasteiger partial charge in [0.25, 0.3) is 0 Å². The average molecular weight is 461 g/mol. The summed E-state index contributed by atoms with van der Waals surface area (Å²) < 4.78 is 54.5. The van der Waals surface area contributed by atoms with Crippen molar-refractivity contribution < 1.29 is 22.3 Å². The second kappa shape index (κ2) is 8.74. The number of benzene rings is 2. The number of rotatable bonds is 4. The summed E-state index contributed by atoms with van der Waals surface area (Å²) in [4.78, 5) is 2.13. The van der Waals surface area contributed by atoms with E-state index in [2.05, 4.69) is 4.90 Å². The van der Waals surface area contributed by atoms with Gasteiger partial charge in [-0.1, -0.05) is 36.4 Å². The lowest BCUT2D eigenvalue weighted by molar-refractivity contribution is -0.169. The molecule has 1 unspecified atom stereocenters. The molecule has 0 radical (unpaired) electrons. The molecule has 0 saturated carbocycles. The Hall–Kier alpha value is -2.00. The van der Waals surface area contributed by atoms with Crippen molar-refractivity contribution in [2.24, 2.45) is 0 Å². The van der Waals surface area contributed by atoms with E-state index in [0.717, 1.165) is 43.6 Å². The van der Waals surface area contributed by atoms with E-state index >= 15 is 4.39 Å². The summed E-state index contributed by atoms with van der Waals surface area (Å²) in [5, 5.41) is -0.569. The smallest absolute Gasteiger partial charge is 0.221 e. The Morgan fingerprint density at radius 1 is 1.00 bits per heavy atom. The zero-order valence-electron chi connectivity index (χ0n) is 18.1. The minimum atomic E-state index is -3.55. The van der Waals surface area contributed by atoms with Crippen molar-refractivity contribution in [1.29, 1.82) is 0 Å². The van der Waals surface area contributed by atoms with Gasteiger partial charge in [0.1, 0.15) is 11.1 Å². The monoisotopic (exact) mass is 460 g/mol. The van der Waals surface area contributed by atoms with E-state index in [1.54, 1.807) is 6.07 Å². The van der Waals surface area contributed by atoms with Crippen LogP contribution in [0.5, 0.6) is 0 Å². The molecule has 3 fully saturated rings. The number of piperidine rings is 1. The summed E-state index contributed by atoms with van der Waals surface area (Å²) in [5.41, 5.74) is 2.01. The van der Waals surface area contributed by atoms with Gasteiger partial charge in [0.2, 0.25) is 10.0 Å². The predicted molar refractivity (Wildman–Crippen MR) is 120 cm³/mol. The fraction of sp³-hybridized carbons (Fsp3) is 0.500. The van der Waals surface area contributed by atoms with Crippen molar-refractivity contribution in [3.8, 4) is 0 Å². The summed E-state index contributed by atoms with van der Waals surface area (Å²) in [7, 11) is -3.55. The lowest BCUT2D eigenvalue weighted by Gasteiger charge is -2.38. The van der Waals surface area contributed by atoms with Gasteiger partial charge in [-0.05, 0) is 30.5 Å². The third-order valence-corrected chi connectivity index (χ3v) is 9.11. The molecule has 1 spiro atoms. The summed E-state index contributed by atoms with van der Waals surface area (Å²) >= 11 is 0. The highest BCUT2D eigenvalue weighted by atomic mass is 32.2. The van der Waals surface area contributed by atoms with E-state index in [9.17, 15) is 8.42 Å². The van der Waals surface area contributed by atoms with Crippen LogP contribution in [0.2, 0.25) is 0 Å². The van der Waals surface area contributed by atoms with Gasteiger partial charge in [-0.25, -0.2) is 12.8 Å². The number of hydrogen-bond acceptors (Lipinski definition) is 5. The number of hydrogen-bond donors (Lipinski definition) is 0. The lowest BCUT2D eigenvalue weighted by Crippen LogP contribution is -2.45. The Balaban J connectivity index is 1.28. The van der Waals surface area contributed by atoms with Gasteiger partial charge < -0.3 is 14.4 Å². The molecule has 0 bridgehead atoms. The Labute approximate surface area is 189 Å². The fourth-order valence-electron chi connectivity index (χ4n) is 5.03. The Morgan fingerprint density at radius 3 is 2.41 bits per heavy atom. The first-order valence-corrected chi connectivity index (χ1v) is 12.8. The van der Waals surface area contributed by atoms with E-state index in [1.165, 1.54) is 10.4 Å². The molecule has 32 heavy (non-hydrogen) atoms. The van der Waals surface area contributed by atoms with E-state index in [4.69, 9.17) is 9.47 Å². The zero-order chi connectivity index (χ0) is 22.2. The third kappa shape index (κ3) is 4.17. The number of nitrogens with zero attached hydrogens (tertiary/aromatic N) is 2. The molecular weight excluding hydrogens is 431 g/mol. The van der Waals surface area contributed by atoms with Crippen molar-refractivity contribution in [3.63, 3.8) is 0 Å². The van der Waals surface area contributed by atoms with Crippen LogP contribution in [0.25, 0.3) is 0 Å². The standard InChI is InChI=1S/C24H29FN2O4S/c25-22-17-21(26-13-10-24(11-14-26)30-15-16-31-24)9-8-20(22)18-27-12-4-7-23(32(27,28)29)19-5-2-1-3-6-19/h1-3,5-6,8-9,17,23H,4,7,10-16,18H2. The lowest BCUT2D eigenvalue weighted by atomic mass is 10.0. The van der Waals surface area contributed by atoms with E-state index in [1.807, 2.05) is 36.4 Å².